The van der Waals surface area contributed by atoms with Crippen LogP contribution in [0, 0.1) is 0 Å². The van der Waals surface area contributed by atoms with Crippen LogP contribution in [0.15, 0.2) is 30.6 Å². The van der Waals surface area contributed by atoms with Crippen LogP contribution in [0.2, 0.25) is 5.02 Å². The van der Waals surface area contributed by atoms with Gasteiger partial charge in [-0.25, -0.2) is 0 Å². The fourth-order valence-corrected chi connectivity index (χ4v) is 2.15. The summed E-state index contributed by atoms with van der Waals surface area (Å²) in [6, 6.07) is 5.90. The number of aromatic nitrogens is 2. The number of ether oxygens (including phenoxy) is 1. The maximum absolute atomic E-state index is 6.24. The number of hydrogen-bond donors (Lipinski definition) is 1. The number of benzene rings is 1. The van der Waals surface area contributed by atoms with Gasteiger partial charge < -0.3 is 10.1 Å². The van der Waals surface area contributed by atoms with Gasteiger partial charge in [0.25, 0.3) is 0 Å². The maximum atomic E-state index is 6.24. The normalized spacial score (nSPS) is 10.8. The molecule has 0 saturated carbocycles. The number of nitrogens with one attached hydrogen (secondary N) is 1. The Morgan fingerprint density at radius 3 is 2.85 bits per heavy atom. The topological polar surface area (TPSA) is 39.1 Å². The molecule has 0 unspecified atom stereocenters. The summed E-state index contributed by atoms with van der Waals surface area (Å²) in [5.74, 6) is 0.703. The molecule has 0 spiro atoms. The first-order valence-corrected chi connectivity index (χ1v) is 7.16. The fourth-order valence-electron chi connectivity index (χ4n) is 1.89. The van der Waals surface area contributed by atoms with E-state index in [1.165, 1.54) is 0 Å². The third kappa shape index (κ3) is 4.25. The second kappa shape index (κ2) is 7.31. The van der Waals surface area contributed by atoms with Crippen molar-refractivity contribution in [2.45, 2.75) is 26.5 Å². The number of hydrogen-bond acceptors (Lipinski definition) is 3. The van der Waals surface area contributed by atoms with Crippen LogP contribution in [0.3, 0.4) is 0 Å². The van der Waals surface area contributed by atoms with Gasteiger partial charge in [0.2, 0.25) is 0 Å². The molecule has 0 amide bonds. The van der Waals surface area contributed by atoms with E-state index in [1.54, 1.807) is 10.9 Å². The van der Waals surface area contributed by atoms with Crippen molar-refractivity contribution in [1.82, 2.24) is 15.1 Å². The number of nitrogens with zero attached hydrogens (tertiary/aromatic N) is 2. The Hall–Kier alpha value is -1.52. The Bertz CT molecular complexity index is 554. The summed E-state index contributed by atoms with van der Waals surface area (Å²) in [7, 11) is 1.88. The van der Waals surface area contributed by atoms with Crippen LogP contribution in [0.4, 0.5) is 0 Å². The van der Waals surface area contributed by atoms with Crippen molar-refractivity contribution in [3.8, 4) is 5.75 Å². The standard InChI is InChI=1S/C15H20ClN3O/c1-3-6-17-8-12-4-5-15(14(16)7-12)20-11-13-9-18-19(2)10-13/h4-5,7,9-10,17H,3,6,8,11H2,1-2H3. The zero-order valence-corrected chi connectivity index (χ0v) is 12.7. The van der Waals surface area contributed by atoms with E-state index in [0.29, 0.717) is 17.4 Å². The highest BCUT2D eigenvalue weighted by Gasteiger charge is 2.04. The lowest BCUT2D eigenvalue weighted by Crippen LogP contribution is -2.13. The number of rotatable bonds is 7. The highest BCUT2D eigenvalue weighted by Crippen LogP contribution is 2.26. The van der Waals surface area contributed by atoms with Crippen molar-refractivity contribution in [2.75, 3.05) is 6.54 Å². The molecule has 2 rings (SSSR count). The van der Waals surface area contributed by atoms with E-state index in [0.717, 1.165) is 30.6 Å². The minimum atomic E-state index is 0.473. The van der Waals surface area contributed by atoms with Crippen LogP contribution in [-0.2, 0) is 20.2 Å². The van der Waals surface area contributed by atoms with Crippen LogP contribution in [0.1, 0.15) is 24.5 Å². The molecule has 0 fully saturated rings. The first kappa shape index (κ1) is 14.9. The van der Waals surface area contributed by atoms with Crippen molar-refractivity contribution in [2.24, 2.45) is 7.05 Å². The van der Waals surface area contributed by atoms with Gasteiger partial charge in [0, 0.05) is 25.4 Å². The molecule has 0 bridgehead atoms. The zero-order valence-electron chi connectivity index (χ0n) is 11.9. The summed E-state index contributed by atoms with van der Waals surface area (Å²) in [4.78, 5) is 0. The SMILES string of the molecule is CCCNCc1ccc(OCc2cnn(C)c2)c(Cl)c1. The Balaban J connectivity index is 1.92. The Morgan fingerprint density at radius 2 is 2.20 bits per heavy atom. The van der Waals surface area contributed by atoms with Crippen LogP contribution >= 0.6 is 11.6 Å². The summed E-state index contributed by atoms with van der Waals surface area (Å²) in [6.45, 7) is 4.46. The summed E-state index contributed by atoms with van der Waals surface area (Å²) < 4.78 is 7.46. The van der Waals surface area contributed by atoms with E-state index in [1.807, 2.05) is 31.4 Å². The highest BCUT2D eigenvalue weighted by molar-refractivity contribution is 6.32. The average molecular weight is 294 g/mol. The lowest BCUT2D eigenvalue weighted by atomic mass is 10.2. The van der Waals surface area contributed by atoms with Gasteiger partial charge in [-0.05, 0) is 30.7 Å². The van der Waals surface area contributed by atoms with E-state index >= 15 is 0 Å². The smallest absolute Gasteiger partial charge is 0.138 e. The Labute approximate surface area is 124 Å². The van der Waals surface area contributed by atoms with Gasteiger partial charge in [0.15, 0.2) is 0 Å². The highest BCUT2D eigenvalue weighted by atomic mass is 35.5. The van der Waals surface area contributed by atoms with Gasteiger partial charge in [-0.1, -0.05) is 24.6 Å². The zero-order chi connectivity index (χ0) is 14.4. The molecule has 0 aliphatic rings. The lowest BCUT2D eigenvalue weighted by Gasteiger charge is -2.09. The molecule has 0 radical (unpaired) electrons. The maximum Gasteiger partial charge on any atom is 0.138 e. The van der Waals surface area contributed by atoms with E-state index in [4.69, 9.17) is 16.3 Å². The molecule has 0 aliphatic carbocycles. The van der Waals surface area contributed by atoms with Crippen LogP contribution in [0.5, 0.6) is 5.75 Å². The van der Waals surface area contributed by atoms with Crippen molar-refractivity contribution >= 4 is 11.6 Å². The predicted molar refractivity (Wildman–Crippen MR) is 81.0 cm³/mol. The van der Waals surface area contributed by atoms with Gasteiger partial charge in [-0.15, -0.1) is 0 Å². The molecule has 20 heavy (non-hydrogen) atoms. The quantitative estimate of drug-likeness (QED) is 0.797. The minimum absolute atomic E-state index is 0.473. The summed E-state index contributed by atoms with van der Waals surface area (Å²) >= 11 is 6.24. The molecule has 2 aromatic rings. The van der Waals surface area contributed by atoms with E-state index in [9.17, 15) is 0 Å². The molecule has 1 aromatic carbocycles. The van der Waals surface area contributed by atoms with Crippen LogP contribution < -0.4 is 10.1 Å². The van der Waals surface area contributed by atoms with Crippen LogP contribution in [-0.4, -0.2) is 16.3 Å². The van der Waals surface area contributed by atoms with Crippen LogP contribution in [0.25, 0.3) is 0 Å². The molecule has 0 saturated heterocycles. The first-order chi connectivity index (χ1) is 9.69. The molecule has 0 aliphatic heterocycles. The third-order valence-corrected chi connectivity index (χ3v) is 3.20. The molecular formula is C15H20ClN3O. The van der Waals surface area contributed by atoms with Crippen molar-refractivity contribution in [1.29, 1.82) is 0 Å². The first-order valence-electron chi connectivity index (χ1n) is 6.78. The Kier molecular flexibility index (Phi) is 5.44. The number of aryl methyl sites for hydroxylation is 1. The van der Waals surface area contributed by atoms with E-state index in [-0.39, 0.29) is 0 Å². The lowest BCUT2D eigenvalue weighted by molar-refractivity contribution is 0.306. The van der Waals surface area contributed by atoms with Gasteiger partial charge in [-0.2, -0.15) is 5.10 Å². The average Bonchev–Trinajstić information content (AvgIpc) is 2.84. The second-order valence-corrected chi connectivity index (χ2v) is 5.16. The third-order valence-electron chi connectivity index (χ3n) is 2.90. The molecule has 0 atom stereocenters. The molecule has 1 aromatic heterocycles. The van der Waals surface area contributed by atoms with Gasteiger partial charge in [0.1, 0.15) is 12.4 Å². The Morgan fingerprint density at radius 1 is 1.35 bits per heavy atom. The predicted octanol–water partition coefficient (Wildman–Crippen LogP) is 3.15. The largest absolute Gasteiger partial charge is 0.487 e. The minimum Gasteiger partial charge on any atom is -0.487 e. The van der Waals surface area contributed by atoms with Crippen molar-refractivity contribution in [3.63, 3.8) is 0 Å². The van der Waals surface area contributed by atoms with Gasteiger partial charge in [-0.3, -0.25) is 4.68 Å². The van der Waals surface area contributed by atoms with Crippen molar-refractivity contribution in [3.05, 3.63) is 46.7 Å². The van der Waals surface area contributed by atoms with Gasteiger partial charge in [0.05, 0.1) is 11.2 Å². The molecule has 5 heteroatoms. The summed E-state index contributed by atoms with van der Waals surface area (Å²) in [5.41, 5.74) is 2.19. The monoisotopic (exact) mass is 293 g/mol. The summed E-state index contributed by atoms with van der Waals surface area (Å²) in [5, 5.41) is 8.09. The van der Waals surface area contributed by atoms with E-state index < -0.39 is 0 Å². The molecule has 4 nitrogen and oxygen atoms in total. The molecular weight excluding hydrogens is 274 g/mol. The van der Waals surface area contributed by atoms with E-state index in [2.05, 4.69) is 17.3 Å². The second-order valence-electron chi connectivity index (χ2n) is 4.75. The molecule has 108 valence electrons. The van der Waals surface area contributed by atoms with Crippen molar-refractivity contribution < 1.29 is 4.74 Å². The number of halogens is 1. The van der Waals surface area contributed by atoms with Gasteiger partial charge >= 0.3 is 0 Å². The summed E-state index contributed by atoms with van der Waals surface area (Å²) in [6.07, 6.45) is 4.84. The fraction of sp³-hybridized carbons (Fsp3) is 0.400. The molecule has 1 N–H and O–H groups in total. The molecule has 1 heterocycles.